The number of benzene rings is 1. The van der Waals surface area contributed by atoms with Gasteiger partial charge in [-0.05, 0) is 53.5 Å². The Hall–Kier alpha value is -1.68. The number of anilines is 1. The summed E-state index contributed by atoms with van der Waals surface area (Å²) in [6.45, 7) is 3.91. The molecule has 2 rings (SSSR count). The summed E-state index contributed by atoms with van der Waals surface area (Å²) in [5, 5.41) is 2.77. The van der Waals surface area contributed by atoms with Crippen LogP contribution < -0.4 is 5.32 Å². The first-order valence-corrected chi connectivity index (χ1v) is 6.36. The molecule has 0 saturated carbocycles. The molecule has 0 spiro atoms. The van der Waals surface area contributed by atoms with E-state index in [-0.39, 0.29) is 5.91 Å². The van der Waals surface area contributed by atoms with Crippen LogP contribution in [0.25, 0.3) is 0 Å². The van der Waals surface area contributed by atoms with Crippen LogP contribution in [0.15, 0.2) is 41.0 Å². The van der Waals surface area contributed by atoms with Gasteiger partial charge in [0.2, 0.25) is 0 Å². The highest BCUT2D eigenvalue weighted by Gasteiger charge is 2.10. The number of halogens is 1. The molecule has 1 aromatic carbocycles. The maximum Gasteiger partial charge on any atom is 0.257 e. The van der Waals surface area contributed by atoms with Crippen molar-refractivity contribution in [2.24, 2.45) is 0 Å². The number of aryl methyl sites for hydroxylation is 2. The molecule has 0 unspecified atom stereocenters. The van der Waals surface area contributed by atoms with Crippen molar-refractivity contribution in [3.63, 3.8) is 0 Å². The second kappa shape index (κ2) is 5.31. The number of carbonyl (C=O) groups excluding carboxylic acids is 1. The molecule has 1 aromatic heterocycles. The zero-order chi connectivity index (χ0) is 13.1. The summed E-state index contributed by atoms with van der Waals surface area (Å²) >= 11 is 3.37. The molecule has 92 valence electrons. The number of aromatic nitrogens is 1. The van der Waals surface area contributed by atoms with Gasteiger partial charge in [-0.3, -0.25) is 4.79 Å². The number of nitrogens with zero attached hydrogens (tertiary/aromatic N) is 1. The zero-order valence-corrected chi connectivity index (χ0v) is 11.8. The van der Waals surface area contributed by atoms with Gasteiger partial charge in [0.1, 0.15) is 5.82 Å². The minimum atomic E-state index is -0.165. The van der Waals surface area contributed by atoms with Gasteiger partial charge >= 0.3 is 0 Å². The van der Waals surface area contributed by atoms with Crippen LogP contribution >= 0.6 is 15.9 Å². The number of pyridine rings is 1. The van der Waals surface area contributed by atoms with Crippen LogP contribution in [0.2, 0.25) is 0 Å². The fourth-order valence-corrected chi connectivity index (χ4v) is 1.97. The predicted octanol–water partition coefficient (Wildman–Crippen LogP) is 3.71. The summed E-state index contributed by atoms with van der Waals surface area (Å²) in [7, 11) is 0. The highest BCUT2D eigenvalue weighted by Crippen LogP contribution is 2.19. The average Bonchev–Trinajstić information content (AvgIpc) is 2.35. The van der Waals surface area contributed by atoms with Crippen molar-refractivity contribution in [1.29, 1.82) is 0 Å². The van der Waals surface area contributed by atoms with Gasteiger partial charge in [0.05, 0.1) is 5.56 Å². The Morgan fingerprint density at radius 3 is 2.56 bits per heavy atom. The van der Waals surface area contributed by atoms with Gasteiger partial charge in [0.15, 0.2) is 0 Å². The summed E-state index contributed by atoms with van der Waals surface area (Å²) in [6.07, 6.45) is 1.72. The number of nitrogens with one attached hydrogen (secondary N) is 1. The second-order valence-corrected chi connectivity index (χ2v) is 5.01. The van der Waals surface area contributed by atoms with Gasteiger partial charge in [-0.2, -0.15) is 0 Å². The Morgan fingerprint density at radius 2 is 1.89 bits per heavy atom. The number of rotatable bonds is 2. The SMILES string of the molecule is Cc1ccc(NC(=O)c2cc(C)ccc2Br)nc1. The fraction of sp³-hybridized carbons (Fsp3) is 0.143. The molecule has 1 amide bonds. The van der Waals surface area contributed by atoms with E-state index < -0.39 is 0 Å². The van der Waals surface area contributed by atoms with E-state index in [2.05, 4.69) is 26.2 Å². The maximum atomic E-state index is 12.1. The van der Waals surface area contributed by atoms with Crippen LogP contribution in [0.5, 0.6) is 0 Å². The molecule has 2 aromatic rings. The van der Waals surface area contributed by atoms with Gasteiger partial charge in [0, 0.05) is 10.7 Å². The van der Waals surface area contributed by atoms with Gasteiger partial charge in [-0.25, -0.2) is 4.98 Å². The van der Waals surface area contributed by atoms with E-state index in [1.54, 1.807) is 12.3 Å². The Balaban J connectivity index is 2.21. The van der Waals surface area contributed by atoms with Gasteiger partial charge in [0.25, 0.3) is 5.91 Å². The second-order valence-electron chi connectivity index (χ2n) is 4.16. The minimum Gasteiger partial charge on any atom is -0.307 e. The lowest BCUT2D eigenvalue weighted by Gasteiger charge is -2.07. The molecule has 0 aliphatic heterocycles. The standard InChI is InChI=1S/C14H13BrN2O/c1-9-3-5-12(15)11(7-9)14(18)17-13-6-4-10(2)8-16-13/h3-8H,1-2H3,(H,16,17,18). The summed E-state index contributed by atoms with van der Waals surface area (Å²) in [6, 6.07) is 9.36. The smallest absolute Gasteiger partial charge is 0.257 e. The van der Waals surface area contributed by atoms with Crippen molar-refractivity contribution in [1.82, 2.24) is 4.98 Å². The molecule has 0 bridgehead atoms. The van der Waals surface area contributed by atoms with Gasteiger partial charge < -0.3 is 5.32 Å². The molecular formula is C14H13BrN2O. The third kappa shape index (κ3) is 2.96. The Labute approximate surface area is 114 Å². The molecule has 1 heterocycles. The normalized spacial score (nSPS) is 10.2. The lowest BCUT2D eigenvalue weighted by atomic mass is 10.1. The first kappa shape index (κ1) is 12.8. The molecular weight excluding hydrogens is 292 g/mol. The molecule has 0 aliphatic carbocycles. The molecule has 0 atom stereocenters. The van der Waals surface area contributed by atoms with Crippen molar-refractivity contribution in [3.05, 3.63) is 57.7 Å². The van der Waals surface area contributed by atoms with Crippen molar-refractivity contribution >= 4 is 27.7 Å². The summed E-state index contributed by atoms with van der Waals surface area (Å²) in [5.74, 6) is 0.390. The lowest BCUT2D eigenvalue weighted by Crippen LogP contribution is -2.13. The first-order valence-electron chi connectivity index (χ1n) is 5.56. The third-order valence-corrected chi connectivity index (χ3v) is 3.21. The highest BCUT2D eigenvalue weighted by atomic mass is 79.9. The van der Waals surface area contributed by atoms with Crippen LogP contribution in [0.3, 0.4) is 0 Å². The average molecular weight is 305 g/mol. The first-order chi connectivity index (χ1) is 8.56. The summed E-state index contributed by atoms with van der Waals surface area (Å²) < 4.78 is 0.776. The van der Waals surface area contributed by atoms with Crippen molar-refractivity contribution in [3.8, 4) is 0 Å². The van der Waals surface area contributed by atoms with Crippen LogP contribution in [-0.2, 0) is 0 Å². The molecule has 3 nitrogen and oxygen atoms in total. The molecule has 4 heteroatoms. The molecule has 0 saturated heterocycles. The molecule has 0 radical (unpaired) electrons. The van der Waals surface area contributed by atoms with Crippen molar-refractivity contribution in [2.75, 3.05) is 5.32 Å². The number of amides is 1. The van der Waals surface area contributed by atoms with E-state index in [4.69, 9.17) is 0 Å². The zero-order valence-electron chi connectivity index (χ0n) is 10.2. The summed E-state index contributed by atoms with van der Waals surface area (Å²) in [5.41, 5.74) is 2.71. The van der Waals surface area contributed by atoms with Gasteiger partial charge in [-0.1, -0.05) is 17.7 Å². The largest absolute Gasteiger partial charge is 0.307 e. The van der Waals surface area contributed by atoms with E-state index in [0.717, 1.165) is 15.6 Å². The Bertz CT molecular complexity index is 579. The highest BCUT2D eigenvalue weighted by molar-refractivity contribution is 9.10. The monoisotopic (exact) mass is 304 g/mol. The number of hydrogen-bond acceptors (Lipinski definition) is 2. The number of carbonyl (C=O) groups is 1. The van der Waals surface area contributed by atoms with Crippen LogP contribution in [0.4, 0.5) is 5.82 Å². The van der Waals surface area contributed by atoms with E-state index in [0.29, 0.717) is 11.4 Å². The van der Waals surface area contributed by atoms with Crippen LogP contribution in [0.1, 0.15) is 21.5 Å². The van der Waals surface area contributed by atoms with Gasteiger partial charge in [-0.15, -0.1) is 0 Å². The minimum absolute atomic E-state index is 0.165. The Morgan fingerprint density at radius 1 is 1.17 bits per heavy atom. The summed E-state index contributed by atoms with van der Waals surface area (Å²) in [4.78, 5) is 16.2. The van der Waals surface area contributed by atoms with Crippen LogP contribution in [-0.4, -0.2) is 10.9 Å². The maximum absolute atomic E-state index is 12.1. The van der Waals surface area contributed by atoms with Crippen LogP contribution in [0, 0.1) is 13.8 Å². The lowest BCUT2D eigenvalue weighted by molar-refractivity contribution is 0.102. The molecule has 0 aliphatic rings. The molecule has 0 fully saturated rings. The Kier molecular flexibility index (Phi) is 3.77. The predicted molar refractivity (Wildman–Crippen MR) is 75.8 cm³/mol. The van der Waals surface area contributed by atoms with E-state index in [9.17, 15) is 4.79 Å². The number of hydrogen-bond donors (Lipinski definition) is 1. The van der Waals surface area contributed by atoms with Crippen molar-refractivity contribution in [2.45, 2.75) is 13.8 Å². The topological polar surface area (TPSA) is 42.0 Å². The third-order valence-electron chi connectivity index (χ3n) is 2.52. The van der Waals surface area contributed by atoms with E-state index in [1.807, 2.05) is 38.1 Å². The quantitative estimate of drug-likeness (QED) is 0.919. The molecule has 18 heavy (non-hydrogen) atoms. The van der Waals surface area contributed by atoms with E-state index >= 15 is 0 Å². The van der Waals surface area contributed by atoms with E-state index in [1.165, 1.54) is 0 Å². The fourth-order valence-electron chi connectivity index (χ4n) is 1.54. The molecule has 1 N–H and O–H groups in total. The van der Waals surface area contributed by atoms with Crippen molar-refractivity contribution < 1.29 is 4.79 Å².